The van der Waals surface area contributed by atoms with Gasteiger partial charge in [-0.15, -0.1) is 0 Å². The zero-order valence-corrected chi connectivity index (χ0v) is 11.4. The monoisotopic (exact) mass is 294 g/mol. The van der Waals surface area contributed by atoms with Gasteiger partial charge in [-0.05, 0) is 44.0 Å². The molecule has 1 aliphatic heterocycles. The van der Waals surface area contributed by atoms with Crippen LogP contribution in [0.4, 0.5) is 13.2 Å². The van der Waals surface area contributed by atoms with Crippen LogP contribution in [-0.4, -0.2) is 19.5 Å². The number of hydrogen-bond acceptors (Lipinski definition) is 3. The quantitative estimate of drug-likeness (QED) is 0.799. The van der Waals surface area contributed by atoms with Crippen LogP contribution in [0.25, 0.3) is 0 Å². The van der Waals surface area contributed by atoms with Gasteiger partial charge in [-0.25, -0.2) is 8.42 Å². The number of aryl methyl sites for hydroxylation is 1. The summed E-state index contributed by atoms with van der Waals surface area (Å²) >= 11 is 0. The standard InChI is InChI=1S/C12H13F3O3S/c1-7-4-9(19(16,17)12(13,14)15)5-8-6-11(2,3)18-10(7)8/h4-5H,6H2,1-3H3. The van der Waals surface area contributed by atoms with E-state index in [0.29, 0.717) is 23.3 Å². The maximum atomic E-state index is 12.5. The molecule has 0 aliphatic carbocycles. The molecular formula is C12H13F3O3S. The highest BCUT2D eigenvalue weighted by Gasteiger charge is 2.47. The Hall–Kier alpha value is -1.24. The first kappa shape index (κ1) is 14.2. The van der Waals surface area contributed by atoms with E-state index in [4.69, 9.17) is 4.74 Å². The minimum atomic E-state index is -5.31. The van der Waals surface area contributed by atoms with Gasteiger partial charge in [-0.3, -0.25) is 0 Å². The molecule has 1 aromatic rings. The van der Waals surface area contributed by atoms with Crippen molar-refractivity contribution in [1.29, 1.82) is 0 Å². The van der Waals surface area contributed by atoms with Crippen LogP contribution in [0.15, 0.2) is 17.0 Å². The van der Waals surface area contributed by atoms with Gasteiger partial charge in [-0.2, -0.15) is 13.2 Å². The van der Waals surface area contributed by atoms with Crippen LogP contribution in [0, 0.1) is 6.92 Å². The predicted octanol–water partition coefficient (Wildman–Crippen LogP) is 3.00. The van der Waals surface area contributed by atoms with Crippen molar-refractivity contribution in [3.8, 4) is 5.75 Å². The zero-order valence-electron chi connectivity index (χ0n) is 10.6. The van der Waals surface area contributed by atoms with Crippen molar-refractivity contribution in [2.45, 2.75) is 43.2 Å². The molecule has 1 aromatic carbocycles. The Kier molecular flexibility index (Phi) is 2.89. The van der Waals surface area contributed by atoms with Crippen molar-refractivity contribution in [2.24, 2.45) is 0 Å². The first-order chi connectivity index (χ1) is 8.44. The van der Waals surface area contributed by atoms with Crippen molar-refractivity contribution in [2.75, 3.05) is 0 Å². The van der Waals surface area contributed by atoms with Gasteiger partial charge in [-0.1, -0.05) is 0 Å². The molecule has 0 amide bonds. The average molecular weight is 294 g/mol. The second-order valence-electron chi connectivity index (χ2n) is 5.22. The summed E-state index contributed by atoms with van der Waals surface area (Å²) in [5.74, 6) is 0.478. The highest BCUT2D eigenvalue weighted by atomic mass is 32.2. The molecule has 0 bridgehead atoms. The Morgan fingerprint density at radius 2 is 1.84 bits per heavy atom. The third kappa shape index (κ3) is 2.31. The van der Waals surface area contributed by atoms with Crippen LogP contribution in [0.2, 0.25) is 0 Å². The number of hydrogen-bond donors (Lipinski definition) is 0. The summed E-state index contributed by atoms with van der Waals surface area (Å²) in [6.07, 6.45) is 0.379. The van der Waals surface area contributed by atoms with E-state index in [0.717, 1.165) is 12.1 Å². The van der Waals surface area contributed by atoms with Crippen LogP contribution >= 0.6 is 0 Å². The van der Waals surface area contributed by atoms with Gasteiger partial charge in [0.25, 0.3) is 9.84 Å². The molecule has 0 atom stereocenters. The smallest absolute Gasteiger partial charge is 0.487 e. The maximum absolute atomic E-state index is 12.5. The highest BCUT2D eigenvalue weighted by molar-refractivity contribution is 7.92. The third-order valence-electron chi connectivity index (χ3n) is 2.93. The largest absolute Gasteiger partial charge is 0.501 e. The molecule has 0 N–H and O–H groups in total. The van der Waals surface area contributed by atoms with Gasteiger partial charge in [0.2, 0.25) is 0 Å². The lowest BCUT2D eigenvalue weighted by atomic mass is 10.0. The topological polar surface area (TPSA) is 43.4 Å². The first-order valence-electron chi connectivity index (χ1n) is 5.58. The van der Waals surface area contributed by atoms with E-state index in [2.05, 4.69) is 0 Å². The van der Waals surface area contributed by atoms with E-state index < -0.39 is 25.8 Å². The van der Waals surface area contributed by atoms with E-state index in [-0.39, 0.29) is 0 Å². The Morgan fingerprint density at radius 1 is 1.26 bits per heavy atom. The number of alkyl halides is 3. The molecule has 106 valence electrons. The summed E-state index contributed by atoms with van der Waals surface area (Å²) < 4.78 is 66.0. The first-order valence-corrected chi connectivity index (χ1v) is 7.06. The van der Waals surface area contributed by atoms with Crippen molar-refractivity contribution in [3.05, 3.63) is 23.3 Å². The van der Waals surface area contributed by atoms with Crippen LogP contribution in [-0.2, 0) is 16.3 Å². The Labute approximate surface area is 109 Å². The van der Waals surface area contributed by atoms with E-state index in [1.54, 1.807) is 13.8 Å². The predicted molar refractivity (Wildman–Crippen MR) is 62.8 cm³/mol. The molecule has 0 fully saturated rings. The molecule has 0 saturated carbocycles. The van der Waals surface area contributed by atoms with Crippen LogP contribution < -0.4 is 4.74 Å². The fourth-order valence-electron chi connectivity index (χ4n) is 2.15. The van der Waals surface area contributed by atoms with Gasteiger partial charge in [0, 0.05) is 6.42 Å². The number of benzene rings is 1. The molecule has 0 aromatic heterocycles. The Morgan fingerprint density at radius 3 is 2.37 bits per heavy atom. The molecule has 0 unspecified atom stereocenters. The van der Waals surface area contributed by atoms with E-state index >= 15 is 0 Å². The van der Waals surface area contributed by atoms with E-state index in [1.807, 2.05) is 0 Å². The number of fused-ring (bicyclic) bond motifs is 1. The second kappa shape index (κ2) is 3.88. The molecule has 1 aliphatic rings. The minimum Gasteiger partial charge on any atom is -0.487 e. The van der Waals surface area contributed by atoms with Gasteiger partial charge < -0.3 is 4.74 Å². The van der Waals surface area contributed by atoms with Gasteiger partial charge in [0.1, 0.15) is 11.4 Å². The van der Waals surface area contributed by atoms with Gasteiger partial charge in [0.05, 0.1) is 4.90 Å². The molecule has 2 rings (SSSR count). The van der Waals surface area contributed by atoms with Crippen molar-refractivity contribution in [1.82, 2.24) is 0 Å². The average Bonchev–Trinajstić information content (AvgIpc) is 2.51. The lowest BCUT2D eigenvalue weighted by molar-refractivity contribution is -0.0436. The number of halogens is 3. The summed E-state index contributed by atoms with van der Waals surface area (Å²) in [5.41, 5.74) is -4.94. The summed E-state index contributed by atoms with van der Waals surface area (Å²) in [6, 6.07) is 2.06. The number of sulfone groups is 1. The van der Waals surface area contributed by atoms with Gasteiger partial charge >= 0.3 is 5.51 Å². The van der Waals surface area contributed by atoms with E-state index in [9.17, 15) is 21.6 Å². The molecule has 0 saturated heterocycles. The highest BCUT2D eigenvalue weighted by Crippen LogP contribution is 2.41. The van der Waals surface area contributed by atoms with Gasteiger partial charge in [0.15, 0.2) is 0 Å². The second-order valence-corrected chi connectivity index (χ2v) is 7.16. The summed E-state index contributed by atoms with van der Waals surface area (Å²) in [7, 11) is -5.31. The molecule has 1 heterocycles. The normalized spacial score (nSPS) is 18.0. The summed E-state index contributed by atoms with van der Waals surface area (Å²) in [5, 5.41) is 0. The Bertz CT molecular complexity index is 630. The maximum Gasteiger partial charge on any atom is 0.501 e. The molecule has 0 radical (unpaired) electrons. The molecule has 3 nitrogen and oxygen atoms in total. The van der Waals surface area contributed by atoms with Crippen LogP contribution in [0.5, 0.6) is 5.75 Å². The fraction of sp³-hybridized carbons (Fsp3) is 0.500. The minimum absolute atomic E-state index is 0.379. The van der Waals surface area contributed by atoms with Crippen molar-refractivity contribution < 1.29 is 26.3 Å². The lowest BCUT2D eigenvalue weighted by Crippen LogP contribution is -2.24. The fourth-order valence-corrected chi connectivity index (χ4v) is 3.04. The number of rotatable bonds is 1. The zero-order chi connectivity index (χ0) is 14.6. The SMILES string of the molecule is Cc1cc(S(=O)(=O)C(F)(F)F)cc2c1OC(C)(C)C2. The summed E-state index contributed by atoms with van der Waals surface area (Å²) in [6.45, 7) is 5.13. The number of ether oxygens (including phenoxy) is 1. The van der Waals surface area contributed by atoms with Crippen LogP contribution in [0.1, 0.15) is 25.0 Å². The van der Waals surface area contributed by atoms with E-state index in [1.165, 1.54) is 6.92 Å². The Balaban J connectivity index is 2.58. The third-order valence-corrected chi connectivity index (χ3v) is 4.40. The molecule has 19 heavy (non-hydrogen) atoms. The molecule has 7 heteroatoms. The van der Waals surface area contributed by atoms with Crippen LogP contribution in [0.3, 0.4) is 0 Å². The lowest BCUT2D eigenvalue weighted by Gasteiger charge is -2.17. The molecule has 0 spiro atoms. The summed E-state index contributed by atoms with van der Waals surface area (Å²) in [4.78, 5) is -0.724. The van der Waals surface area contributed by atoms with Crippen molar-refractivity contribution in [3.63, 3.8) is 0 Å². The molecular weight excluding hydrogens is 281 g/mol. The van der Waals surface area contributed by atoms with Crippen molar-refractivity contribution >= 4 is 9.84 Å².